The Labute approximate surface area is 83.3 Å². The van der Waals surface area contributed by atoms with E-state index in [4.69, 9.17) is 0 Å². The monoisotopic (exact) mass is 239 g/mol. The predicted octanol–water partition coefficient (Wildman–Crippen LogP) is 1.68. The lowest BCUT2D eigenvalue weighted by molar-refractivity contribution is -0.121. The number of carbonyl (C=O) groups excluding carboxylic acids is 2. The van der Waals surface area contributed by atoms with E-state index < -0.39 is 5.92 Å². The van der Waals surface area contributed by atoms with Crippen LogP contribution in [0.25, 0.3) is 0 Å². The van der Waals surface area contributed by atoms with Crippen LogP contribution in [0.1, 0.15) is 11.5 Å². The molecule has 0 fully saturated rings. The van der Waals surface area contributed by atoms with E-state index >= 15 is 0 Å². The van der Waals surface area contributed by atoms with Gasteiger partial charge in [0.05, 0.1) is 0 Å². The average Bonchev–Trinajstić information content (AvgIpc) is 2.40. The summed E-state index contributed by atoms with van der Waals surface area (Å²) in [6, 6.07) is 5.39. The fourth-order valence-corrected chi connectivity index (χ4v) is 1.77. The molecule has 1 aliphatic heterocycles. The molecule has 1 unspecified atom stereocenters. The summed E-state index contributed by atoms with van der Waals surface area (Å²) in [5, 5.41) is 2.63. The van der Waals surface area contributed by atoms with E-state index in [2.05, 4.69) is 21.2 Å². The molecule has 1 heterocycles. The molecule has 1 aliphatic rings. The number of halogens is 1. The van der Waals surface area contributed by atoms with Gasteiger partial charge in [0.2, 0.25) is 5.91 Å². The minimum absolute atomic E-state index is 0.247. The number of anilines is 1. The molecule has 0 radical (unpaired) electrons. The fourth-order valence-electron chi connectivity index (χ4n) is 1.39. The van der Waals surface area contributed by atoms with E-state index in [1.165, 1.54) is 0 Å². The molecule has 0 aliphatic carbocycles. The summed E-state index contributed by atoms with van der Waals surface area (Å²) in [5.41, 5.74) is 1.47. The Morgan fingerprint density at radius 3 is 2.92 bits per heavy atom. The van der Waals surface area contributed by atoms with Gasteiger partial charge in [0.15, 0.2) is 0 Å². The second-order valence-corrected chi connectivity index (χ2v) is 3.75. The van der Waals surface area contributed by atoms with Crippen molar-refractivity contribution in [1.29, 1.82) is 0 Å². The lowest BCUT2D eigenvalue weighted by Gasteiger charge is -1.99. The molecule has 1 amide bonds. The predicted molar refractivity (Wildman–Crippen MR) is 51.6 cm³/mol. The molecule has 0 spiro atoms. The molecule has 4 heteroatoms. The van der Waals surface area contributed by atoms with Crippen molar-refractivity contribution in [3.05, 3.63) is 28.2 Å². The van der Waals surface area contributed by atoms with E-state index in [-0.39, 0.29) is 5.91 Å². The smallest absolute Gasteiger partial charge is 0.239 e. The van der Waals surface area contributed by atoms with E-state index in [0.29, 0.717) is 6.29 Å². The highest BCUT2D eigenvalue weighted by molar-refractivity contribution is 9.10. The Kier molecular flexibility index (Phi) is 1.92. The summed E-state index contributed by atoms with van der Waals surface area (Å²) in [6.07, 6.45) is 0.660. The van der Waals surface area contributed by atoms with Gasteiger partial charge in [-0.05, 0) is 23.8 Å². The van der Waals surface area contributed by atoms with Gasteiger partial charge in [-0.1, -0.05) is 15.9 Å². The SMILES string of the molecule is O=CC1C(=O)Nc2ccc(Br)cc21. The van der Waals surface area contributed by atoms with Gasteiger partial charge in [0, 0.05) is 10.2 Å². The quantitative estimate of drug-likeness (QED) is 0.599. The summed E-state index contributed by atoms with van der Waals surface area (Å²) in [4.78, 5) is 21.8. The molecule has 2 rings (SSSR count). The maximum absolute atomic E-state index is 11.2. The Hall–Kier alpha value is -1.16. The summed E-state index contributed by atoms with van der Waals surface area (Å²) in [5.74, 6) is -0.893. The van der Waals surface area contributed by atoms with Crippen molar-refractivity contribution in [2.45, 2.75) is 5.92 Å². The first-order chi connectivity index (χ1) is 6.22. The van der Waals surface area contributed by atoms with Crippen molar-refractivity contribution in [2.24, 2.45) is 0 Å². The van der Waals surface area contributed by atoms with Gasteiger partial charge in [-0.15, -0.1) is 0 Å². The number of hydrogen-bond acceptors (Lipinski definition) is 2. The fraction of sp³-hybridized carbons (Fsp3) is 0.111. The number of rotatable bonds is 1. The second-order valence-electron chi connectivity index (χ2n) is 2.83. The molecule has 0 saturated heterocycles. The highest BCUT2D eigenvalue weighted by Crippen LogP contribution is 2.33. The number of amides is 1. The first kappa shape index (κ1) is 8.44. The van der Waals surface area contributed by atoms with Crippen molar-refractivity contribution in [3.8, 4) is 0 Å². The summed E-state index contributed by atoms with van der Waals surface area (Å²) < 4.78 is 0.870. The number of benzene rings is 1. The van der Waals surface area contributed by atoms with Gasteiger partial charge in [0.25, 0.3) is 0 Å². The highest BCUT2D eigenvalue weighted by atomic mass is 79.9. The number of carbonyl (C=O) groups is 2. The second kappa shape index (κ2) is 2.96. The number of aldehydes is 1. The maximum atomic E-state index is 11.2. The Bertz CT molecular complexity index is 389. The van der Waals surface area contributed by atoms with Crippen LogP contribution < -0.4 is 5.32 Å². The first-order valence-corrected chi connectivity index (χ1v) is 4.57. The molecule has 66 valence electrons. The van der Waals surface area contributed by atoms with Gasteiger partial charge in [-0.2, -0.15) is 0 Å². The Morgan fingerprint density at radius 1 is 1.46 bits per heavy atom. The minimum atomic E-state index is -0.646. The van der Waals surface area contributed by atoms with Crippen LogP contribution in [0.3, 0.4) is 0 Å². The van der Waals surface area contributed by atoms with Crippen LogP contribution >= 0.6 is 15.9 Å². The van der Waals surface area contributed by atoms with Gasteiger partial charge >= 0.3 is 0 Å². The topological polar surface area (TPSA) is 46.2 Å². The Balaban J connectivity index is 2.55. The van der Waals surface area contributed by atoms with E-state index in [1.807, 2.05) is 6.07 Å². The van der Waals surface area contributed by atoms with Crippen molar-refractivity contribution < 1.29 is 9.59 Å². The molecular weight excluding hydrogens is 234 g/mol. The van der Waals surface area contributed by atoms with Crippen molar-refractivity contribution >= 4 is 33.8 Å². The van der Waals surface area contributed by atoms with E-state index in [9.17, 15) is 9.59 Å². The minimum Gasteiger partial charge on any atom is -0.325 e. The van der Waals surface area contributed by atoms with Crippen LogP contribution in [0.15, 0.2) is 22.7 Å². The van der Waals surface area contributed by atoms with Crippen LogP contribution in [0.4, 0.5) is 5.69 Å². The van der Waals surface area contributed by atoms with Gasteiger partial charge < -0.3 is 10.1 Å². The molecule has 1 atom stereocenters. The largest absolute Gasteiger partial charge is 0.325 e. The van der Waals surface area contributed by atoms with Crippen LogP contribution in [0, 0.1) is 0 Å². The molecule has 0 bridgehead atoms. The molecule has 1 N–H and O–H groups in total. The zero-order chi connectivity index (χ0) is 9.42. The molecule has 13 heavy (non-hydrogen) atoms. The van der Waals surface area contributed by atoms with E-state index in [1.54, 1.807) is 12.1 Å². The number of fused-ring (bicyclic) bond motifs is 1. The lowest BCUT2D eigenvalue weighted by atomic mass is 10.0. The van der Waals surface area contributed by atoms with Crippen molar-refractivity contribution in [3.63, 3.8) is 0 Å². The zero-order valence-corrected chi connectivity index (χ0v) is 8.17. The number of nitrogens with one attached hydrogen (secondary N) is 1. The van der Waals surface area contributed by atoms with Gasteiger partial charge in [-0.25, -0.2) is 0 Å². The van der Waals surface area contributed by atoms with Gasteiger partial charge in [0.1, 0.15) is 12.2 Å². The third-order valence-electron chi connectivity index (χ3n) is 2.03. The average molecular weight is 240 g/mol. The number of hydrogen-bond donors (Lipinski definition) is 1. The third-order valence-corrected chi connectivity index (χ3v) is 2.52. The zero-order valence-electron chi connectivity index (χ0n) is 6.58. The molecule has 0 aromatic heterocycles. The third kappa shape index (κ3) is 1.27. The van der Waals surface area contributed by atoms with Crippen molar-refractivity contribution in [2.75, 3.05) is 5.32 Å². The molecule has 1 aromatic rings. The molecule has 3 nitrogen and oxygen atoms in total. The molecular formula is C9H6BrNO2. The summed E-state index contributed by atoms with van der Waals surface area (Å²) in [6.45, 7) is 0. The van der Waals surface area contributed by atoms with Crippen molar-refractivity contribution in [1.82, 2.24) is 0 Å². The van der Waals surface area contributed by atoms with E-state index in [0.717, 1.165) is 15.7 Å². The van der Waals surface area contributed by atoms with Crippen LogP contribution in [0.5, 0.6) is 0 Å². The lowest BCUT2D eigenvalue weighted by Crippen LogP contribution is -2.12. The molecule has 0 saturated carbocycles. The first-order valence-electron chi connectivity index (χ1n) is 3.78. The van der Waals surface area contributed by atoms with Gasteiger partial charge in [-0.3, -0.25) is 4.79 Å². The molecule has 1 aromatic carbocycles. The normalized spacial score (nSPS) is 19.5. The summed E-state index contributed by atoms with van der Waals surface area (Å²) in [7, 11) is 0. The highest BCUT2D eigenvalue weighted by Gasteiger charge is 2.29. The standard InChI is InChI=1S/C9H6BrNO2/c10-5-1-2-8-6(3-5)7(4-12)9(13)11-8/h1-4,7H,(H,11,13). The Morgan fingerprint density at radius 2 is 2.23 bits per heavy atom. The maximum Gasteiger partial charge on any atom is 0.239 e. The van der Waals surface area contributed by atoms with Crippen LogP contribution in [0.2, 0.25) is 0 Å². The van der Waals surface area contributed by atoms with Crippen LogP contribution in [-0.2, 0) is 9.59 Å². The summed E-state index contributed by atoms with van der Waals surface area (Å²) >= 11 is 3.29. The van der Waals surface area contributed by atoms with Crippen LogP contribution in [-0.4, -0.2) is 12.2 Å².